The second-order valence-electron chi connectivity index (χ2n) is 3.16. The zero-order chi connectivity index (χ0) is 11.7. The smallest absolute Gasteiger partial charge is 0.251 e. The molecule has 0 saturated carbocycles. The fourth-order valence-corrected chi connectivity index (χ4v) is 1.80. The molecule has 0 radical (unpaired) electrons. The molecule has 0 aliphatic heterocycles. The number of rotatable bonds is 2. The van der Waals surface area contributed by atoms with E-state index < -0.39 is 11.2 Å². The standard InChI is InChI=1S/C10H7BrClFN2O/c1-5(12)9-14-15-10(16-9)8-6(11)3-2-4-7(8)13/h2-5H,1H3. The van der Waals surface area contributed by atoms with Gasteiger partial charge >= 0.3 is 0 Å². The summed E-state index contributed by atoms with van der Waals surface area (Å²) < 4.78 is 19.4. The quantitative estimate of drug-likeness (QED) is 0.789. The van der Waals surface area contributed by atoms with Gasteiger partial charge in [-0.1, -0.05) is 6.07 Å². The summed E-state index contributed by atoms with van der Waals surface area (Å²) in [7, 11) is 0. The van der Waals surface area contributed by atoms with Crippen molar-refractivity contribution in [2.45, 2.75) is 12.3 Å². The normalized spacial score (nSPS) is 12.8. The zero-order valence-corrected chi connectivity index (χ0v) is 10.6. The summed E-state index contributed by atoms with van der Waals surface area (Å²) in [6, 6.07) is 4.62. The van der Waals surface area contributed by atoms with E-state index in [0.717, 1.165) is 0 Å². The summed E-state index contributed by atoms with van der Waals surface area (Å²) in [5, 5.41) is 7.10. The van der Waals surface area contributed by atoms with Gasteiger partial charge in [0.2, 0.25) is 5.89 Å². The molecule has 0 aliphatic rings. The Hall–Kier alpha value is -0.940. The van der Waals surface area contributed by atoms with Crippen LogP contribution in [-0.4, -0.2) is 10.2 Å². The van der Waals surface area contributed by atoms with E-state index in [2.05, 4.69) is 26.1 Å². The van der Waals surface area contributed by atoms with Gasteiger partial charge in [-0.2, -0.15) is 0 Å². The molecule has 3 nitrogen and oxygen atoms in total. The molecule has 1 atom stereocenters. The predicted molar refractivity (Wildman–Crippen MR) is 61.7 cm³/mol. The Morgan fingerprint density at radius 1 is 1.44 bits per heavy atom. The van der Waals surface area contributed by atoms with Crippen LogP contribution in [0.3, 0.4) is 0 Å². The average Bonchev–Trinajstić information content (AvgIpc) is 2.66. The molecule has 6 heteroatoms. The molecule has 0 saturated heterocycles. The first-order chi connectivity index (χ1) is 7.59. The van der Waals surface area contributed by atoms with E-state index in [0.29, 0.717) is 4.47 Å². The predicted octanol–water partition coefficient (Wildman–Crippen LogP) is 3.94. The lowest BCUT2D eigenvalue weighted by atomic mass is 10.2. The molecule has 1 aromatic heterocycles. The van der Waals surface area contributed by atoms with Crippen molar-refractivity contribution in [3.8, 4) is 11.5 Å². The second-order valence-corrected chi connectivity index (χ2v) is 4.67. The number of aromatic nitrogens is 2. The number of benzene rings is 1. The summed E-state index contributed by atoms with van der Waals surface area (Å²) >= 11 is 9.01. The lowest BCUT2D eigenvalue weighted by molar-refractivity contribution is 0.502. The molecular weight excluding hydrogens is 298 g/mol. The minimum atomic E-state index is -0.424. The molecule has 0 bridgehead atoms. The number of halogens is 3. The highest BCUT2D eigenvalue weighted by atomic mass is 79.9. The summed E-state index contributed by atoms with van der Waals surface area (Å²) in [4.78, 5) is 0. The topological polar surface area (TPSA) is 38.9 Å². The molecule has 0 spiro atoms. The van der Waals surface area contributed by atoms with Gasteiger partial charge in [-0.25, -0.2) is 4.39 Å². The van der Waals surface area contributed by atoms with Crippen LogP contribution in [0.15, 0.2) is 27.1 Å². The van der Waals surface area contributed by atoms with Crippen molar-refractivity contribution in [1.82, 2.24) is 10.2 Å². The SMILES string of the molecule is CC(Cl)c1nnc(-c2c(F)cccc2Br)o1. The van der Waals surface area contributed by atoms with E-state index >= 15 is 0 Å². The van der Waals surface area contributed by atoms with Crippen LogP contribution in [-0.2, 0) is 0 Å². The fourth-order valence-electron chi connectivity index (χ4n) is 1.20. The van der Waals surface area contributed by atoms with E-state index in [1.165, 1.54) is 6.07 Å². The first-order valence-corrected chi connectivity index (χ1v) is 5.74. The van der Waals surface area contributed by atoms with Crippen molar-refractivity contribution in [3.05, 3.63) is 34.4 Å². The van der Waals surface area contributed by atoms with Crippen molar-refractivity contribution >= 4 is 27.5 Å². The summed E-state index contributed by atoms with van der Waals surface area (Å²) in [6.45, 7) is 1.70. The third-order valence-electron chi connectivity index (χ3n) is 1.96. The van der Waals surface area contributed by atoms with E-state index in [9.17, 15) is 4.39 Å². The molecule has 84 valence electrons. The van der Waals surface area contributed by atoms with Gasteiger partial charge < -0.3 is 4.42 Å². The van der Waals surface area contributed by atoms with Crippen molar-refractivity contribution in [2.75, 3.05) is 0 Å². The number of nitrogens with zero attached hydrogens (tertiary/aromatic N) is 2. The van der Waals surface area contributed by atoms with Crippen LogP contribution in [0.1, 0.15) is 18.2 Å². The molecule has 16 heavy (non-hydrogen) atoms. The lowest BCUT2D eigenvalue weighted by Gasteiger charge is -2.00. The van der Waals surface area contributed by atoms with Gasteiger partial charge in [0.1, 0.15) is 11.2 Å². The van der Waals surface area contributed by atoms with Crippen molar-refractivity contribution in [2.24, 2.45) is 0 Å². The summed E-state index contributed by atoms with van der Waals surface area (Å²) in [5.41, 5.74) is 0.249. The molecule has 1 unspecified atom stereocenters. The highest BCUT2D eigenvalue weighted by molar-refractivity contribution is 9.10. The molecular formula is C10H7BrClFN2O. The van der Waals surface area contributed by atoms with Gasteiger partial charge in [-0.3, -0.25) is 0 Å². The van der Waals surface area contributed by atoms with E-state index in [1.807, 2.05) is 0 Å². The molecule has 0 amide bonds. The fraction of sp³-hybridized carbons (Fsp3) is 0.200. The Bertz CT molecular complexity index is 495. The number of hydrogen-bond acceptors (Lipinski definition) is 3. The van der Waals surface area contributed by atoms with Crippen molar-refractivity contribution < 1.29 is 8.81 Å². The van der Waals surface area contributed by atoms with Gasteiger partial charge in [0.15, 0.2) is 0 Å². The minimum absolute atomic E-state index is 0.118. The van der Waals surface area contributed by atoms with Gasteiger partial charge in [0, 0.05) is 4.47 Å². The Kier molecular flexibility index (Phi) is 3.25. The zero-order valence-electron chi connectivity index (χ0n) is 8.25. The largest absolute Gasteiger partial charge is 0.419 e. The molecule has 0 N–H and O–H groups in total. The van der Waals surface area contributed by atoms with Gasteiger partial charge in [0.25, 0.3) is 5.89 Å². The minimum Gasteiger partial charge on any atom is -0.419 e. The van der Waals surface area contributed by atoms with E-state index in [1.54, 1.807) is 19.1 Å². The van der Waals surface area contributed by atoms with Crippen LogP contribution >= 0.6 is 27.5 Å². The summed E-state index contributed by atoms with van der Waals surface area (Å²) in [6.07, 6.45) is 0. The first kappa shape index (κ1) is 11.5. The highest BCUT2D eigenvalue weighted by Gasteiger charge is 2.17. The molecule has 0 fully saturated rings. The van der Waals surface area contributed by atoms with Crippen LogP contribution < -0.4 is 0 Å². The van der Waals surface area contributed by atoms with Crippen molar-refractivity contribution in [3.63, 3.8) is 0 Å². The molecule has 1 aromatic carbocycles. The first-order valence-electron chi connectivity index (χ1n) is 4.51. The van der Waals surface area contributed by atoms with Crippen LogP contribution in [0.4, 0.5) is 4.39 Å². The van der Waals surface area contributed by atoms with Crippen LogP contribution in [0, 0.1) is 5.82 Å². The second kappa shape index (κ2) is 4.51. The summed E-state index contributed by atoms with van der Waals surface area (Å²) in [5.74, 6) is -0.0360. The highest BCUT2D eigenvalue weighted by Crippen LogP contribution is 2.31. The Morgan fingerprint density at radius 3 is 2.75 bits per heavy atom. The van der Waals surface area contributed by atoms with Crippen molar-refractivity contribution in [1.29, 1.82) is 0 Å². The third kappa shape index (κ3) is 2.10. The van der Waals surface area contributed by atoms with Gasteiger partial charge in [-0.05, 0) is 35.0 Å². The van der Waals surface area contributed by atoms with Crippen LogP contribution in [0.2, 0.25) is 0 Å². The Balaban J connectivity index is 2.50. The Labute approximate surface area is 105 Å². The van der Waals surface area contributed by atoms with E-state index in [4.69, 9.17) is 16.0 Å². The maximum atomic E-state index is 13.6. The number of alkyl halides is 1. The molecule has 2 aromatic rings. The van der Waals surface area contributed by atoms with Gasteiger partial charge in [0.05, 0.1) is 5.56 Å². The average molecular weight is 306 g/mol. The number of hydrogen-bond donors (Lipinski definition) is 0. The van der Waals surface area contributed by atoms with Gasteiger partial charge in [-0.15, -0.1) is 21.8 Å². The molecule has 1 heterocycles. The Morgan fingerprint density at radius 2 is 2.19 bits per heavy atom. The maximum Gasteiger partial charge on any atom is 0.251 e. The lowest BCUT2D eigenvalue weighted by Crippen LogP contribution is -1.85. The molecule has 2 rings (SSSR count). The molecule has 0 aliphatic carbocycles. The van der Waals surface area contributed by atoms with Crippen LogP contribution in [0.5, 0.6) is 0 Å². The van der Waals surface area contributed by atoms with Crippen LogP contribution in [0.25, 0.3) is 11.5 Å². The van der Waals surface area contributed by atoms with E-state index in [-0.39, 0.29) is 17.3 Å². The monoisotopic (exact) mass is 304 g/mol. The third-order valence-corrected chi connectivity index (χ3v) is 2.81. The maximum absolute atomic E-state index is 13.6.